The van der Waals surface area contributed by atoms with Gasteiger partial charge < -0.3 is 14.2 Å². The van der Waals surface area contributed by atoms with Crippen LogP contribution in [0.15, 0.2) is 42.5 Å². The van der Waals surface area contributed by atoms with Gasteiger partial charge in [0, 0.05) is 18.7 Å². The van der Waals surface area contributed by atoms with Gasteiger partial charge in [-0.2, -0.15) is 0 Å². The normalized spacial score (nSPS) is 13.4. The summed E-state index contributed by atoms with van der Waals surface area (Å²) in [5, 5.41) is 8.62. The van der Waals surface area contributed by atoms with Gasteiger partial charge in [-0.25, -0.2) is 4.39 Å². The number of carbonyl (C=O) groups excluding carboxylic acids is 1. The van der Waals surface area contributed by atoms with E-state index < -0.39 is 5.82 Å². The molecule has 0 saturated heterocycles. The Morgan fingerprint density at radius 3 is 2.81 bits per heavy atom. The van der Waals surface area contributed by atoms with Crippen molar-refractivity contribution in [3.63, 3.8) is 0 Å². The zero-order chi connectivity index (χ0) is 19.0. The second-order valence-corrected chi connectivity index (χ2v) is 6.58. The molecule has 0 bridgehead atoms. The number of methoxy groups -OCH3 is 1. The smallest absolute Gasteiger partial charge is 0.255 e. The predicted octanol–water partition coefficient (Wildman–Crippen LogP) is 3.40. The van der Waals surface area contributed by atoms with E-state index in [0.29, 0.717) is 25.5 Å². The lowest BCUT2D eigenvalue weighted by molar-refractivity contribution is 0.0708. The van der Waals surface area contributed by atoms with Crippen LogP contribution in [0.3, 0.4) is 0 Å². The molecule has 0 aliphatic carbocycles. The summed E-state index contributed by atoms with van der Waals surface area (Å²) in [7, 11) is 1.61. The summed E-state index contributed by atoms with van der Waals surface area (Å²) in [5.41, 5.74) is 1.17. The highest BCUT2D eigenvalue weighted by Crippen LogP contribution is 2.26. The molecule has 0 radical (unpaired) electrons. The molecular weight excluding hydrogens is 371 g/mol. The number of nitrogens with zero attached hydrogens (tertiary/aromatic N) is 4. The lowest BCUT2D eigenvalue weighted by Crippen LogP contribution is -2.38. The van der Waals surface area contributed by atoms with Gasteiger partial charge in [0.2, 0.25) is 0 Å². The Labute approximate surface area is 160 Å². The first-order valence-corrected chi connectivity index (χ1v) is 8.75. The van der Waals surface area contributed by atoms with Crippen molar-refractivity contribution in [1.29, 1.82) is 0 Å². The summed E-state index contributed by atoms with van der Waals surface area (Å²) >= 11 is 6.02. The minimum Gasteiger partial charge on any atom is -0.497 e. The van der Waals surface area contributed by atoms with Crippen molar-refractivity contribution in [1.82, 2.24) is 19.7 Å². The molecule has 0 saturated carbocycles. The van der Waals surface area contributed by atoms with E-state index >= 15 is 0 Å². The third-order valence-electron chi connectivity index (χ3n) is 4.53. The number of amides is 1. The summed E-state index contributed by atoms with van der Waals surface area (Å²) in [4.78, 5) is 14.4. The number of aromatic nitrogens is 3. The third kappa shape index (κ3) is 3.26. The molecule has 1 aliphatic heterocycles. The maximum absolute atomic E-state index is 13.2. The van der Waals surface area contributed by atoms with Gasteiger partial charge in [0.25, 0.3) is 5.91 Å². The van der Waals surface area contributed by atoms with Crippen LogP contribution >= 0.6 is 11.6 Å². The van der Waals surface area contributed by atoms with Gasteiger partial charge in [-0.3, -0.25) is 4.79 Å². The lowest BCUT2D eigenvalue weighted by Gasteiger charge is -2.28. The van der Waals surface area contributed by atoms with Crippen molar-refractivity contribution < 1.29 is 13.9 Å². The van der Waals surface area contributed by atoms with Crippen LogP contribution in [0.5, 0.6) is 5.75 Å². The summed E-state index contributed by atoms with van der Waals surface area (Å²) in [6.45, 7) is 1.34. The van der Waals surface area contributed by atoms with Gasteiger partial charge in [0.15, 0.2) is 11.6 Å². The second kappa shape index (κ2) is 7.00. The second-order valence-electron chi connectivity index (χ2n) is 6.17. The fourth-order valence-corrected chi connectivity index (χ4v) is 3.39. The average molecular weight is 387 g/mol. The number of halogens is 2. The summed E-state index contributed by atoms with van der Waals surface area (Å²) in [6.07, 6.45) is 0. The highest BCUT2D eigenvalue weighted by molar-refractivity contribution is 6.33. The molecule has 27 heavy (non-hydrogen) atoms. The van der Waals surface area contributed by atoms with Crippen molar-refractivity contribution in [3.8, 4) is 17.1 Å². The molecule has 0 fully saturated rings. The van der Waals surface area contributed by atoms with Crippen LogP contribution in [0.1, 0.15) is 16.2 Å². The van der Waals surface area contributed by atoms with Crippen LogP contribution in [0.25, 0.3) is 11.4 Å². The molecule has 2 heterocycles. The number of ether oxygens (including phenoxy) is 1. The highest BCUT2D eigenvalue weighted by Gasteiger charge is 2.27. The number of benzene rings is 2. The van der Waals surface area contributed by atoms with Gasteiger partial charge in [-0.05, 0) is 30.3 Å². The standard InChI is InChI=1S/C19H16ClFN4O2/c1-27-14-4-2-3-12(9-14)18-23-22-17-11-24(7-8-25(17)18)19(26)15-6-5-13(21)10-16(15)20/h2-6,9-10H,7-8,11H2,1H3. The van der Waals surface area contributed by atoms with Crippen LogP contribution in [-0.2, 0) is 13.1 Å². The molecular formula is C19H16ClFN4O2. The Morgan fingerprint density at radius 1 is 1.19 bits per heavy atom. The average Bonchev–Trinajstić information content (AvgIpc) is 3.11. The molecule has 3 aromatic rings. The molecule has 4 rings (SSSR count). The van der Waals surface area contributed by atoms with Gasteiger partial charge in [0.05, 0.1) is 24.2 Å². The first-order chi connectivity index (χ1) is 13.1. The zero-order valence-corrected chi connectivity index (χ0v) is 15.3. The Hall–Kier alpha value is -2.93. The Bertz CT molecular complexity index is 1020. The number of hydrogen-bond donors (Lipinski definition) is 0. The predicted molar refractivity (Wildman–Crippen MR) is 98.2 cm³/mol. The van der Waals surface area contributed by atoms with E-state index in [9.17, 15) is 9.18 Å². The lowest BCUT2D eigenvalue weighted by atomic mass is 10.1. The van der Waals surface area contributed by atoms with Gasteiger partial charge in [-0.1, -0.05) is 23.7 Å². The number of carbonyl (C=O) groups is 1. The fourth-order valence-electron chi connectivity index (χ4n) is 3.14. The quantitative estimate of drug-likeness (QED) is 0.692. The number of rotatable bonds is 3. The van der Waals surface area contributed by atoms with E-state index in [4.69, 9.17) is 16.3 Å². The summed E-state index contributed by atoms with van der Waals surface area (Å²) in [5.74, 6) is 1.43. The van der Waals surface area contributed by atoms with Crippen molar-refractivity contribution in [2.75, 3.05) is 13.7 Å². The molecule has 8 heteroatoms. The third-order valence-corrected chi connectivity index (χ3v) is 4.84. The molecule has 0 N–H and O–H groups in total. The molecule has 0 unspecified atom stereocenters. The topological polar surface area (TPSA) is 60.3 Å². The molecule has 0 atom stereocenters. The van der Waals surface area contributed by atoms with Gasteiger partial charge >= 0.3 is 0 Å². The monoisotopic (exact) mass is 386 g/mol. The van der Waals surface area contributed by atoms with Crippen molar-refractivity contribution in [2.45, 2.75) is 13.1 Å². The number of fused-ring (bicyclic) bond motifs is 1. The van der Waals surface area contributed by atoms with Crippen LogP contribution in [0, 0.1) is 5.82 Å². The largest absolute Gasteiger partial charge is 0.497 e. The zero-order valence-electron chi connectivity index (χ0n) is 14.5. The minimum absolute atomic E-state index is 0.101. The first-order valence-electron chi connectivity index (χ1n) is 8.37. The summed E-state index contributed by atoms with van der Waals surface area (Å²) in [6, 6.07) is 11.4. The van der Waals surface area contributed by atoms with E-state index in [1.807, 2.05) is 28.8 Å². The van der Waals surface area contributed by atoms with E-state index in [1.54, 1.807) is 12.0 Å². The molecule has 2 aromatic carbocycles. The first kappa shape index (κ1) is 17.5. The van der Waals surface area contributed by atoms with Crippen LogP contribution < -0.4 is 4.74 Å². The molecule has 1 aromatic heterocycles. The Balaban J connectivity index is 1.59. The van der Waals surface area contributed by atoms with Crippen molar-refractivity contribution in [2.24, 2.45) is 0 Å². The SMILES string of the molecule is COc1cccc(-c2nnc3n2CCN(C(=O)c2ccc(F)cc2Cl)C3)c1. The fraction of sp³-hybridized carbons (Fsp3) is 0.211. The van der Waals surface area contributed by atoms with Crippen LogP contribution in [0.2, 0.25) is 5.02 Å². The molecule has 6 nitrogen and oxygen atoms in total. The Morgan fingerprint density at radius 2 is 2.04 bits per heavy atom. The molecule has 1 aliphatic rings. The molecule has 0 spiro atoms. The minimum atomic E-state index is -0.474. The van der Waals surface area contributed by atoms with Crippen molar-refractivity contribution >= 4 is 17.5 Å². The van der Waals surface area contributed by atoms with Gasteiger partial charge in [0.1, 0.15) is 11.6 Å². The maximum atomic E-state index is 13.2. The number of hydrogen-bond acceptors (Lipinski definition) is 4. The summed E-state index contributed by atoms with van der Waals surface area (Å²) < 4.78 is 20.5. The molecule has 138 valence electrons. The van der Waals surface area contributed by atoms with Crippen molar-refractivity contribution in [3.05, 3.63) is 64.7 Å². The maximum Gasteiger partial charge on any atom is 0.255 e. The van der Waals surface area contributed by atoms with Crippen LogP contribution in [-0.4, -0.2) is 39.2 Å². The van der Waals surface area contributed by atoms with E-state index in [-0.39, 0.29) is 16.5 Å². The van der Waals surface area contributed by atoms with Gasteiger partial charge in [-0.15, -0.1) is 10.2 Å². The Kier molecular flexibility index (Phi) is 4.53. The van der Waals surface area contributed by atoms with E-state index in [1.165, 1.54) is 12.1 Å². The highest BCUT2D eigenvalue weighted by atomic mass is 35.5. The van der Waals surface area contributed by atoms with E-state index in [0.717, 1.165) is 23.2 Å². The van der Waals surface area contributed by atoms with Crippen LogP contribution in [0.4, 0.5) is 4.39 Å². The van der Waals surface area contributed by atoms with E-state index in [2.05, 4.69) is 10.2 Å². The molecule has 1 amide bonds.